The van der Waals surface area contributed by atoms with E-state index in [4.69, 9.17) is 9.94 Å². The van der Waals surface area contributed by atoms with E-state index in [0.717, 1.165) is 28.5 Å². The van der Waals surface area contributed by atoms with Crippen LogP contribution in [0.1, 0.15) is 10.4 Å². The summed E-state index contributed by atoms with van der Waals surface area (Å²) in [6.45, 7) is 0. The van der Waals surface area contributed by atoms with Gasteiger partial charge in [0.25, 0.3) is 5.91 Å². The van der Waals surface area contributed by atoms with Gasteiger partial charge in [0.1, 0.15) is 0 Å². The SMILES string of the molecule is CNC(=O)c1ccc(-c2cc(NOC)cc(-c3nc(SCC(=O)O)n[nH]3)c2)cc1. The maximum Gasteiger partial charge on any atom is 0.313 e. The van der Waals surface area contributed by atoms with E-state index in [9.17, 15) is 9.59 Å². The van der Waals surface area contributed by atoms with Crippen molar-refractivity contribution in [1.82, 2.24) is 20.5 Å². The first-order valence-corrected chi connectivity index (χ1v) is 9.52. The Bertz CT molecular complexity index is 1020. The summed E-state index contributed by atoms with van der Waals surface area (Å²) in [5, 5.41) is 18.6. The van der Waals surface area contributed by atoms with Crippen LogP contribution >= 0.6 is 11.8 Å². The Labute approximate surface area is 170 Å². The molecule has 0 bridgehead atoms. The van der Waals surface area contributed by atoms with E-state index in [-0.39, 0.29) is 11.7 Å². The highest BCUT2D eigenvalue weighted by atomic mass is 32.2. The van der Waals surface area contributed by atoms with Crippen molar-refractivity contribution in [2.24, 2.45) is 0 Å². The Hall–Kier alpha value is -3.37. The van der Waals surface area contributed by atoms with Crippen LogP contribution in [0.4, 0.5) is 5.69 Å². The Balaban J connectivity index is 1.94. The van der Waals surface area contributed by atoms with Crippen LogP contribution in [0.2, 0.25) is 0 Å². The van der Waals surface area contributed by atoms with E-state index >= 15 is 0 Å². The molecule has 150 valence electrons. The molecular weight excluding hydrogens is 394 g/mol. The predicted octanol–water partition coefficient (Wildman–Crippen LogP) is 2.65. The number of aliphatic carboxylic acids is 1. The first-order chi connectivity index (χ1) is 14.0. The molecule has 0 fully saturated rings. The van der Waals surface area contributed by atoms with Crippen LogP contribution in [0.25, 0.3) is 22.5 Å². The molecule has 0 saturated heterocycles. The number of thioether (sulfide) groups is 1. The van der Waals surface area contributed by atoms with Crippen LogP contribution in [0.15, 0.2) is 47.6 Å². The molecule has 9 nitrogen and oxygen atoms in total. The van der Waals surface area contributed by atoms with Crippen LogP contribution in [-0.4, -0.2) is 52.1 Å². The minimum absolute atomic E-state index is 0.120. The third kappa shape index (κ3) is 5.12. The average Bonchev–Trinajstić information content (AvgIpc) is 3.21. The number of aromatic amines is 1. The molecular formula is C19H19N5O4S. The smallest absolute Gasteiger partial charge is 0.313 e. The molecule has 0 aliphatic heterocycles. The van der Waals surface area contributed by atoms with Crippen molar-refractivity contribution in [3.05, 3.63) is 48.0 Å². The third-order valence-corrected chi connectivity index (χ3v) is 4.76. The molecule has 2 aromatic carbocycles. The number of amides is 1. The molecule has 0 atom stereocenters. The van der Waals surface area contributed by atoms with Gasteiger partial charge in [0.05, 0.1) is 18.6 Å². The molecule has 3 rings (SSSR count). The number of carboxylic acids is 1. The van der Waals surface area contributed by atoms with Gasteiger partial charge in [-0.1, -0.05) is 23.9 Å². The van der Waals surface area contributed by atoms with Gasteiger partial charge in [-0.25, -0.2) is 4.98 Å². The molecule has 0 aliphatic rings. The molecule has 10 heteroatoms. The molecule has 0 saturated carbocycles. The number of H-pyrrole nitrogens is 1. The van der Waals surface area contributed by atoms with Gasteiger partial charge in [0, 0.05) is 18.2 Å². The van der Waals surface area contributed by atoms with Crippen molar-refractivity contribution in [2.75, 3.05) is 25.4 Å². The van der Waals surface area contributed by atoms with Crippen molar-refractivity contribution >= 4 is 29.3 Å². The van der Waals surface area contributed by atoms with Gasteiger partial charge in [0.2, 0.25) is 5.16 Å². The van der Waals surface area contributed by atoms with Crippen molar-refractivity contribution in [1.29, 1.82) is 0 Å². The standard InChI is InChI=1S/C19H19N5O4S/c1-20-18(27)12-5-3-11(4-6-12)13-7-14(9-15(8-13)24-28-2)17-21-19(23-22-17)29-10-16(25)26/h3-9,24H,10H2,1-2H3,(H,20,27)(H,25,26)(H,21,22,23). The van der Waals surface area contributed by atoms with E-state index in [1.807, 2.05) is 30.3 Å². The summed E-state index contributed by atoms with van der Waals surface area (Å²) in [5.41, 5.74) is 6.59. The number of carbonyl (C=O) groups is 2. The van der Waals surface area contributed by atoms with E-state index in [2.05, 4.69) is 26.0 Å². The van der Waals surface area contributed by atoms with Crippen LogP contribution < -0.4 is 10.8 Å². The summed E-state index contributed by atoms with van der Waals surface area (Å²) < 4.78 is 0. The number of carbonyl (C=O) groups excluding carboxylic acids is 1. The number of aromatic nitrogens is 3. The lowest BCUT2D eigenvalue weighted by molar-refractivity contribution is -0.133. The number of anilines is 1. The largest absolute Gasteiger partial charge is 0.481 e. The topological polar surface area (TPSA) is 129 Å². The normalized spacial score (nSPS) is 10.6. The van der Waals surface area contributed by atoms with E-state index in [1.54, 1.807) is 19.2 Å². The molecule has 3 aromatic rings. The third-order valence-electron chi connectivity index (χ3n) is 3.92. The fourth-order valence-corrected chi connectivity index (χ4v) is 3.15. The Kier molecular flexibility index (Phi) is 6.47. The summed E-state index contributed by atoms with van der Waals surface area (Å²) in [6, 6.07) is 12.9. The molecule has 0 aliphatic carbocycles. The molecule has 29 heavy (non-hydrogen) atoms. The van der Waals surface area contributed by atoms with Gasteiger partial charge in [-0.2, -0.15) is 0 Å². The van der Waals surface area contributed by atoms with Gasteiger partial charge >= 0.3 is 5.97 Å². The minimum atomic E-state index is -0.935. The fourth-order valence-electron chi connectivity index (χ4n) is 2.63. The summed E-state index contributed by atoms with van der Waals surface area (Å²) in [6.07, 6.45) is 0. The number of nitrogens with one attached hydrogen (secondary N) is 3. The monoisotopic (exact) mass is 413 g/mol. The van der Waals surface area contributed by atoms with Crippen LogP contribution in [0.3, 0.4) is 0 Å². The van der Waals surface area contributed by atoms with Crippen LogP contribution in [0.5, 0.6) is 0 Å². The van der Waals surface area contributed by atoms with Crippen molar-refractivity contribution < 1.29 is 19.5 Å². The number of rotatable bonds is 8. The second-order valence-electron chi connectivity index (χ2n) is 5.91. The van der Waals surface area contributed by atoms with Gasteiger partial charge in [-0.05, 0) is 41.5 Å². The quantitative estimate of drug-likeness (QED) is 0.328. The Morgan fingerprint density at radius 1 is 1.14 bits per heavy atom. The zero-order valence-corrected chi connectivity index (χ0v) is 16.5. The first kappa shape index (κ1) is 20.4. The van der Waals surface area contributed by atoms with E-state index < -0.39 is 5.97 Å². The van der Waals surface area contributed by atoms with Gasteiger partial charge in [-0.15, -0.1) is 5.10 Å². The lowest BCUT2D eigenvalue weighted by atomic mass is 10.0. The van der Waals surface area contributed by atoms with Crippen molar-refractivity contribution in [2.45, 2.75) is 5.16 Å². The Morgan fingerprint density at radius 2 is 1.86 bits per heavy atom. The number of benzene rings is 2. The molecule has 0 unspecified atom stereocenters. The molecule has 1 aromatic heterocycles. The highest BCUT2D eigenvalue weighted by Gasteiger charge is 2.12. The maximum absolute atomic E-state index is 11.7. The molecule has 1 amide bonds. The number of carboxylic acid groups (broad SMARTS) is 1. The lowest BCUT2D eigenvalue weighted by Gasteiger charge is -2.10. The maximum atomic E-state index is 11.7. The van der Waals surface area contributed by atoms with Crippen molar-refractivity contribution in [3.8, 4) is 22.5 Å². The molecule has 4 N–H and O–H groups in total. The van der Waals surface area contributed by atoms with E-state index in [1.165, 1.54) is 7.11 Å². The van der Waals surface area contributed by atoms with Gasteiger partial charge in [-0.3, -0.25) is 25.0 Å². The number of nitrogens with zero attached hydrogens (tertiary/aromatic N) is 2. The molecule has 0 spiro atoms. The van der Waals surface area contributed by atoms with Crippen LogP contribution in [0, 0.1) is 0 Å². The highest BCUT2D eigenvalue weighted by Crippen LogP contribution is 2.30. The summed E-state index contributed by atoms with van der Waals surface area (Å²) >= 11 is 1.03. The number of hydrogen-bond acceptors (Lipinski definition) is 7. The molecule has 0 radical (unpaired) electrons. The first-order valence-electron chi connectivity index (χ1n) is 8.54. The summed E-state index contributed by atoms with van der Waals surface area (Å²) in [5.74, 6) is -0.706. The molecule has 1 heterocycles. The fraction of sp³-hybridized carbons (Fsp3) is 0.158. The average molecular weight is 413 g/mol. The van der Waals surface area contributed by atoms with Gasteiger partial charge < -0.3 is 10.4 Å². The predicted molar refractivity (Wildman–Crippen MR) is 110 cm³/mol. The summed E-state index contributed by atoms with van der Waals surface area (Å²) in [7, 11) is 3.10. The lowest BCUT2D eigenvalue weighted by Crippen LogP contribution is -2.17. The Morgan fingerprint density at radius 3 is 2.52 bits per heavy atom. The minimum Gasteiger partial charge on any atom is -0.481 e. The summed E-state index contributed by atoms with van der Waals surface area (Å²) in [4.78, 5) is 31.8. The number of hydrogen-bond donors (Lipinski definition) is 4. The van der Waals surface area contributed by atoms with E-state index in [0.29, 0.717) is 22.2 Å². The van der Waals surface area contributed by atoms with Gasteiger partial charge in [0.15, 0.2) is 5.82 Å². The zero-order valence-electron chi connectivity index (χ0n) is 15.7. The second kappa shape index (κ2) is 9.22. The van der Waals surface area contributed by atoms with Crippen molar-refractivity contribution in [3.63, 3.8) is 0 Å². The second-order valence-corrected chi connectivity index (χ2v) is 6.85. The van der Waals surface area contributed by atoms with Crippen LogP contribution in [-0.2, 0) is 9.63 Å². The highest BCUT2D eigenvalue weighted by molar-refractivity contribution is 7.99. The zero-order chi connectivity index (χ0) is 20.8.